The molecule has 2 unspecified atom stereocenters. The van der Waals surface area contributed by atoms with Gasteiger partial charge < -0.3 is 9.63 Å². The normalized spacial score (nSPS) is 24.9. The molecule has 0 radical (unpaired) electrons. The van der Waals surface area contributed by atoms with Gasteiger partial charge in [0.05, 0.1) is 12.5 Å². The highest BCUT2D eigenvalue weighted by Gasteiger charge is 2.35. The molecule has 0 aromatic carbocycles. The van der Waals surface area contributed by atoms with E-state index >= 15 is 0 Å². The number of nitrogens with zero attached hydrogens (tertiary/aromatic N) is 3. The van der Waals surface area contributed by atoms with E-state index in [1.807, 2.05) is 20.8 Å². The van der Waals surface area contributed by atoms with Gasteiger partial charge in [0.2, 0.25) is 5.89 Å². The standard InChI is InChI=1S/C12H19N3O3/c1-7(2)11-13-10(18-14-11)6-15-4-8(3)9(5-15)12(16)17/h7-9H,4-6H2,1-3H3,(H,16,17). The third kappa shape index (κ3) is 2.69. The highest BCUT2D eigenvalue weighted by Crippen LogP contribution is 2.24. The van der Waals surface area contributed by atoms with Gasteiger partial charge in [-0.05, 0) is 5.92 Å². The van der Waals surface area contributed by atoms with Crippen LogP contribution < -0.4 is 0 Å². The molecule has 0 amide bonds. The minimum Gasteiger partial charge on any atom is -0.481 e. The summed E-state index contributed by atoms with van der Waals surface area (Å²) in [6, 6.07) is 0. The lowest BCUT2D eigenvalue weighted by Gasteiger charge is -2.11. The summed E-state index contributed by atoms with van der Waals surface area (Å²) in [4.78, 5) is 17.4. The molecule has 1 aliphatic heterocycles. The monoisotopic (exact) mass is 253 g/mol. The van der Waals surface area contributed by atoms with Crippen molar-refractivity contribution in [1.29, 1.82) is 0 Å². The van der Waals surface area contributed by atoms with E-state index in [2.05, 4.69) is 15.0 Å². The van der Waals surface area contributed by atoms with Crippen LogP contribution in [-0.2, 0) is 11.3 Å². The van der Waals surface area contributed by atoms with Crippen molar-refractivity contribution in [2.24, 2.45) is 11.8 Å². The van der Waals surface area contributed by atoms with Crippen molar-refractivity contribution in [3.8, 4) is 0 Å². The van der Waals surface area contributed by atoms with E-state index in [1.165, 1.54) is 0 Å². The smallest absolute Gasteiger partial charge is 0.308 e. The first-order valence-electron chi connectivity index (χ1n) is 6.25. The first-order valence-corrected chi connectivity index (χ1v) is 6.25. The van der Waals surface area contributed by atoms with Gasteiger partial charge in [0.15, 0.2) is 5.82 Å². The molecule has 1 aliphatic rings. The molecule has 0 saturated carbocycles. The Bertz CT molecular complexity index is 430. The molecule has 6 nitrogen and oxygen atoms in total. The molecule has 2 atom stereocenters. The molecule has 0 aliphatic carbocycles. The van der Waals surface area contributed by atoms with Crippen LogP contribution >= 0.6 is 0 Å². The van der Waals surface area contributed by atoms with Gasteiger partial charge in [-0.15, -0.1) is 0 Å². The van der Waals surface area contributed by atoms with Crippen molar-refractivity contribution >= 4 is 5.97 Å². The van der Waals surface area contributed by atoms with Gasteiger partial charge in [-0.3, -0.25) is 9.69 Å². The molecule has 0 bridgehead atoms. The molecule has 1 saturated heterocycles. The molecule has 2 heterocycles. The van der Waals surface area contributed by atoms with Crippen molar-refractivity contribution in [3.63, 3.8) is 0 Å². The van der Waals surface area contributed by atoms with E-state index < -0.39 is 5.97 Å². The molecule has 2 rings (SSSR count). The summed E-state index contributed by atoms with van der Waals surface area (Å²) in [6.45, 7) is 7.83. The molecular weight excluding hydrogens is 234 g/mol. The van der Waals surface area contributed by atoms with Crippen LogP contribution in [0.4, 0.5) is 0 Å². The number of carboxylic acids is 1. The van der Waals surface area contributed by atoms with Crippen LogP contribution in [0.25, 0.3) is 0 Å². The summed E-state index contributed by atoms with van der Waals surface area (Å²) in [6.07, 6.45) is 0. The quantitative estimate of drug-likeness (QED) is 0.872. The Morgan fingerprint density at radius 2 is 2.28 bits per heavy atom. The number of hydrogen-bond acceptors (Lipinski definition) is 5. The Labute approximate surface area is 106 Å². The average Bonchev–Trinajstić information content (AvgIpc) is 2.86. The Hall–Kier alpha value is -1.43. The summed E-state index contributed by atoms with van der Waals surface area (Å²) in [5.41, 5.74) is 0. The van der Waals surface area contributed by atoms with Crippen molar-refractivity contribution in [2.75, 3.05) is 13.1 Å². The van der Waals surface area contributed by atoms with Gasteiger partial charge in [-0.1, -0.05) is 25.9 Å². The number of aromatic nitrogens is 2. The SMILES string of the molecule is CC(C)c1noc(CN2CC(C)C(C(=O)O)C2)n1. The van der Waals surface area contributed by atoms with Gasteiger partial charge in [-0.2, -0.15) is 4.98 Å². The zero-order chi connectivity index (χ0) is 13.3. The first kappa shape index (κ1) is 13.0. The number of hydrogen-bond donors (Lipinski definition) is 1. The second kappa shape index (κ2) is 5.06. The predicted octanol–water partition coefficient (Wildman–Crippen LogP) is 1.35. The van der Waals surface area contributed by atoms with Crippen molar-refractivity contribution in [1.82, 2.24) is 15.0 Å². The maximum Gasteiger partial charge on any atom is 0.308 e. The van der Waals surface area contributed by atoms with E-state index in [-0.39, 0.29) is 17.8 Å². The second-order valence-corrected chi connectivity index (χ2v) is 5.32. The largest absolute Gasteiger partial charge is 0.481 e. The molecular formula is C12H19N3O3. The van der Waals surface area contributed by atoms with Crippen LogP contribution in [0.2, 0.25) is 0 Å². The van der Waals surface area contributed by atoms with Crippen LogP contribution in [0.3, 0.4) is 0 Å². The molecule has 100 valence electrons. The second-order valence-electron chi connectivity index (χ2n) is 5.32. The summed E-state index contributed by atoms with van der Waals surface area (Å²) in [5, 5.41) is 13.0. The van der Waals surface area contributed by atoms with Crippen LogP contribution in [0.1, 0.15) is 38.4 Å². The minimum atomic E-state index is -0.724. The predicted molar refractivity (Wildman–Crippen MR) is 64.0 cm³/mol. The van der Waals surface area contributed by atoms with Crippen molar-refractivity contribution in [3.05, 3.63) is 11.7 Å². The number of aliphatic carboxylic acids is 1. The summed E-state index contributed by atoms with van der Waals surface area (Å²) in [7, 11) is 0. The fraction of sp³-hybridized carbons (Fsp3) is 0.750. The Morgan fingerprint density at radius 1 is 1.56 bits per heavy atom. The van der Waals surface area contributed by atoms with Gasteiger partial charge in [0.25, 0.3) is 0 Å². The molecule has 1 aromatic heterocycles. The van der Waals surface area contributed by atoms with Crippen LogP contribution in [-0.4, -0.2) is 39.2 Å². The van der Waals surface area contributed by atoms with Gasteiger partial charge in [0.1, 0.15) is 0 Å². The maximum absolute atomic E-state index is 11.0. The molecule has 0 spiro atoms. The lowest BCUT2D eigenvalue weighted by atomic mass is 9.99. The minimum absolute atomic E-state index is 0.162. The van der Waals surface area contributed by atoms with Crippen molar-refractivity contribution < 1.29 is 14.4 Å². The van der Waals surface area contributed by atoms with Crippen LogP contribution in [0, 0.1) is 11.8 Å². The molecule has 1 N–H and O–H groups in total. The van der Waals surface area contributed by atoms with E-state index in [1.54, 1.807) is 0 Å². The van der Waals surface area contributed by atoms with Crippen LogP contribution in [0.5, 0.6) is 0 Å². The number of rotatable bonds is 4. The van der Waals surface area contributed by atoms with E-state index in [9.17, 15) is 4.79 Å². The summed E-state index contributed by atoms with van der Waals surface area (Å²) >= 11 is 0. The Morgan fingerprint density at radius 3 is 2.78 bits per heavy atom. The first-order chi connectivity index (χ1) is 8.47. The zero-order valence-electron chi connectivity index (χ0n) is 11.0. The fourth-order valence-electron chi connectivity index (χ4n) is 2.28. The zero-order valence-corrected chi connectivity index (χ0v) is 11.0. The molecule has 6 heteroatoms. The third-order valence-corrected chi connectivity index (χ3v) is 3.36. The molecule has 1 fully saturated rings. The van der Waals surface area contributed by atoms with E-state index in [0.29, 0.717) is 24.8 Å². The third-order valence-electron chi connectivity index (χ3n) is 3.36. The lowest BCUT2D eigenvalue weighted by Crippen LogP contribution is -2.23. The van der Waals surface area contributed by atoms with Gasteiger partial charge in [-0.25, -0.2) is 0 Å². The number of carbonyl (C=O) groups is 1. The van der Waals surface area contributed by atoms with E-state index in [0.717, 1.165) is 6.54 Å². The highest BCUT2D eigenvalue weighted by molar-refractivity contribution is 5.71. The Kier molecular flexibility index (Phi) is 3.65. The fourth-order valence-corrected chi connectivity index (χ4v) is 2.28. The van der Waals surface area contributed by atoms with Gasteiger partial charge >= 0.3 is 5.97 Å². The van der Waals surface area contributed by atoms with Crippen LogP contribution in [0.15, 0.2) is 4.52 Å². The maximum atomic E-state index is 11.0. The van der Waals surface area contributed by atoms with Crippen molar-refractivity contribution in [2.45, 2.75) is 33.2 Å². The van der Waals surface area contributed by atoms with E-state index in [4.69, 9.17) is 9.63 Å². The topological polar surface area (TPSA) is 79.5 Å². The molecule has 18 heavy (non-hydrogen) atoms. The number of carboxylic acid groups (broad SMARTS) is 1. The number of likely N-dealkylation sites (tertiary alicyclic amines) is 1. The summed E-state index contributed by atoms with van der Waals surface area (Å²) in [5.74, 6) is 0.654. The Balaban J connectivity index is 1.96. The van der Waals surface area contributed by atoms with Gasteiger partial charge in [0, 0.05) is 19.0 Å². The average molecular weight is 253 g/mol. The summed E-state index contributed by atoms with van der Waals surface area (Å²) < 4.78 is 5.17. The highest BCUT2D eigenvalue weighted by atomic mass is 16.5. The molecule has 1 aromatic rings. The lowest BCUT2D eigenvalue weighted by molar-refractivity contribution is -0.142.